The highest BCUT2D eigenvalue weighted by atomic mass is 32.1. The van der Waals surface area contributed by atoms with Gasteiger partial charge in [-0.2, -0.15) is 4.98 Å². The molecule has 354 valence electrons. The molecule has 0 spiro atoms. The molecule has 0 saturated carbocycles. The number of cyclic esters (lactones) is 1. The summed E-state index contributed by atoms with van der Waals surface area (Å²) in [4.78, 5) is 69.2. The summed E-state index contributed by atoms with van der Waals surface area (Å²) in [6.45, 7) is 13.6. The van der Waals surface area contributed by atoms with Gasteiger partial charge in [0.2, 0.25) is 0 Å². The quantitative estimate of drug-likeness (QED) is 0.134. The van der Waals surface area contributed by atoms with Gasteiger partial charge in [-0.05, 0) is 92.4 Å². The summed E-state index contributed by atoms with van der Waals surface area (Å²) in [6, 6.07) is -0.408. The number of thiazole rings is 1. The van der Waals surface area contributed by atoms with Crippen LogP contribution >= 0.6 is 11.3 Å². The summed E-state index contributed by atoms with van der Waals surface area (Å²) in [6.07, 6.45) is 1.65. The van der Waals surface area contributed by atoms with Crippen LogP contribution in [0.2, 0.25) is 0 Å². The first-order valence-corrected chi connectivity index (χ1v) is 23.1. The maximum Gasteiger partial charge on any atom is 0.412 e. The second kappa shape index (κ2) is 20.4. The van der Waals surface area contributed by atoms with Crippen LogP contribution in [0.5, 0.6) is 0 Å². The van der Waals surface area contributed by atoms with Crippen LogP contribution in [-0.4, -0.2) is 151 Å². The average Bonchev–Trinajstić information content (AvgIpc) is 4.02. The lowest BCUT2D eigenvalue weighted by atomic mass is 9.78. The lowest BCUT2D eigenvalue weighted by molar-refractivity contribution is -0.295. The molecule has 3 aliphatic heterocycles. The minimum absolute atomic E-state index is 0.0484. The number of hydrogen-bond donors (Lipinski definition) is 3. The van der Waals surface area contributed by atoms with E-state index < -0.39 is 83.4 Å². The summed E-state index contributed by atoms with van der Waals surface area (Å²) in [5, 5.41) is 26.3. The highest BCUT2D eigenvalue weighted by Gasteiger charge is 2.63. The number of rotatable bonds is 12. The lowest BCUT2D eigenvalue weighted by Gasteiger charge is -2.46. The zero-order valence-electron chi connectivity index (χ0n) is 38.6. The van der Waals surface area contributed by atoms with Crippen LogP contribution in [0.15, 0.2) is 34.8 Å². The fourth-order valence-electron chi connectivity index (χ4n) is 9.68. The van der Waals surface area contributed by atoms with Crippen LogP contribution < -0.4 is 16.7 Å². The Kier molecular flexibility index (Phi) is 15.7. The SMILES string of the molecule is CC[C@H]1OC(=O)[C@H](C)C(=O)[C@@H](C)[C@@H](O[C@@H]2O[C@H](C)CC(N(C)C)C2O)[C@](C)(OC)C[C@@H](C)CN[C@H](C)[C@H]2N(CCCCn3cc(-c4nccs4)nn3)C(=O)O[C@]12n1ccc(N)nc1=O. The number of unbranched alkanes of at least 4 members (excludes halogenated alkanes) is 1. The molecule has 1 amide bonds. The fourth-order valence-corrected chi connectivity index (χ4v) is 10.3. The minimum Gasteiger partial charge on any atom is -0.455 e. The third kappa shape index (κ3) is 10.0. The first-order chi connectivity index (χ1) is 30.3. The van der Waals surface area contributed by atoms with Gasteiger partial charge in [0, 0.05) is 56.0 Å². The number of nitrogens with one attached hydrogen (secondary N) is 1. The lowest BCUT2D eigenvalue weighted by Crippen LogP contribution is -2.65. The number of anilines is 1. The Morgan fingerprint density at radius 3 is 2.50 bits per heavy atom. The second-order valence-electron chi connectivity index (χ2n) is 18.1. The standard InChI is InChI=1S/C43H66N10O10S/c1-11-31-43(53-18-14-32(44)47-40(53)57)35(52(41(58)63-43)17-13-12-16-51-23-29(48-49-51)37-45-15-19-64-37)28(6)46-22-24(2)21-42(7,59-10)36(26(4)33(54)27(5)38(56)61-31)62-39-34(55)30(50(8)9)20-25(3)60-39/h14-15,18-19,23-28,30-31,34-36,39,46,55H,11-13,16-17,20-22H2,1-10H3,(H2,44,47,57)/t24-,25-,26-,27-,28-,30?,31-,34?,35-,36-,39+,42-,43-/m1/s1. The molecule has 3 aromatic heterocycles. The number of aliphatic hydroxyl groups excluding tert-OH is 1. The van der Waals surface area contributed by atoms with E-state index in [0.717, 1.165) is 5.01 Å². The van der Waals surface area contributed by atoms with Crippen LogP contribution in [0.4, 0.5) is 10.6 Å². The molecule has 3 aromatic rings. The van der Waals surface area contributed by atoms with Gasteiger partial charge in [-0.25, -0.2) is 14.6 Å². The van der Waals surface area contributed by atoms with Gasteiger partial charge < -0.3 is 44.7 Å². The molecule has 6 rings (SSSR count). The van der Waals surface area contributed by atoms with Crippen molar-refractivity contribution in [1.82, 2.24) is 44.6 Å². The van der Waals surface area contributed by atoms with E-state index in [9.17, 15) is 24.3 Å². The number of amides is 1. The van der Waals surface area contributed by atoms with Crippen LogP contribution in [-0.2, 0) is 45.5 Å². The summed E-state index contributed by atoms with van der Waals surface area (Å²) in [5.74, 6) is -3.91. The van der Waals surface area contributed by atoms with Crippen LogP contribution in [0, 0.1) is 17.8 Å². The minimum atomic E-state index is -1.96. The van der Waals surface area contributed by atoms with Crippen molar-refractivity contribution in [3.05, 3.63) is 40.5 Å². The summed E-state index contributed by atoms with van der Waals surface area (Å²) < 4.78 is 34.7. The molecule has 21 heteroatoms. The Balaban J connectivity index is 1.36. The van der Waals surface area contributed by atoms with Crippen molar-refractivity contribution >= 4 is 35.0 Å². The molecule has 3 aliphatic rings. The number of nitrogen functional groups attached to an aromatic ring is 1. The third-order valence-corrected chi connectivity index (χ3v) is 13.9. The third-order valence-electron chi connectivity index (χ3n) is 13.1. The highest BCUT2D eigenvalue weighted by molar-refractivity contribution is 7.13. The number of ketones is 1. The Bertz CT molecular complexity index is 2120. The molecule has 3 fully saturated rings. The number of hydrogen-bond acceptors (Lipinski definition) is 18. The van der Waals surface area contributed by atoms with Gasteiger partial charge in [-0.3, -0.25) is 23.7 Å². The average molecular weight is 915 g/mol. The number of Topliss-reactive ketones (excluding diaryl/α,β-unsaturated/α-hetero) is 1. The molecule has 0 aromatic carbocycles. The van der Waals surface area contributed by atoms with Crippen LogP contribution in [0.1, 0.15) is 80.6 Å². The summed E-state index contributed by atoms with van der Waals surface area (Å²) in [7, 11) is 5.31. The first kappa shape index (κ1) is 49.1. The van der Waals surface area contributed by atoms with Gasteiger partial charge in [0.25, 0.3) is 5.72 Å². The Labute approximate surface area is 378 Å². The number of likely N-dealkylation sites (N-methyl/N-ethyl adjacent to an activating group) is 1. The zero-order chi connectivity index (χ0) is 46.7. The maximum absolute atomic E-state index is 14.6. The van der Waals surface area contributed by atoms with E-state index in [2.05, 4.69) is 25.6 Å². The van der Waals surface area contributed by atoms with E-state index in [4.69, 9.17) is 29.4 Å². The molecule has 0 aliphatic carbocycles. The van der Waals surface area contributed by atoms with Crippen molar-refractivity contribution < 1.29 is 43.2 Å². The first-order valence-electron chi connectivity index (χ1n) is 22.2. The number of aryl methyl sites for hydroxylation is 1. The number of carbonyl (C=O) groups excluding carboxylic acids is 3. The molecule has 0 radical (unpaired) electrons. The Hall–Kier alpha value is -4.38. The molecule has 20 nitrogen and oxygen atoms in total. The molecule has 3 saturated heterocycles. The van der Waals surface area contributed by atoms with Gasteiger partial charge in [0.05, 0.1) is 24.0 Å². The van der Waals surface area contributed by atoms with Gasteiger partial charge in [-0.1, -0.05) is 26.0 Å². The number of fused-ring (bicyclic) bond motifs is 1. The molecule has 2 unspecified atom stereocenters. The topological polar surface area (TPSA) is 241 Å². The molecular formula is C43H66N10O10S. The van der Waals surface area contributed by atoms with Crippen LogP contribution in [0.25, 0.3) is 10.7 Å². The predicted octanol–water partition coefficient (Wildman–Crippen LogP) is 2.89. The van der Waals surface area contributed by atoms with Gasteiger partial charge in [0.1, 0.15) is 34.6 Å². The van der Waals surface area contributed by atoms with Crippen molar-refractivity contribution in [3.8, 4) is 10.7 Å². The molecule has 6 heterocycles. The number of ether oxygens (including phenoxy) is 5. The fraction of sp³-hybridized carbons (Fsp3) is 0.721. The van der Waals surface area contributed by atoms with E-state index in [0.29, 0.717) is 44.5 Å². The van der Waals surface area contributed by atoms with Crippen molar-refractivity contribution in [2.24, 2.45) is 17.8 Å². The van der Waals surface area contributed by atoms with E-state index in [1.807, 2.05) is 58.3 Å². The van der Waals surface area contributed by atoms with Crippen molar-refractivity contribution in [1.29, 1.82) is 0 Å². The number of aromatic nitrogens is 6. The van der Waals surface area contributed by atoms with E-state index in [1.54, 1.807) is 36.7 Å². The summed E-state index contributed by atoms with van der Waals surface area (Å²) in [5.41, 5.74) is 2.72. The van der Waals surface area contributed by atoms with Crippen molar-refractivity contribution in [2.75, 3.05) is 40.0 Å². The van der Waals surface area contributed by atoms with Crippen LogP contribution in [0.3, 0.4) is 0 Å². The van der Waals surface area contributed by atoms with E-state index in [1.165, 1.54) is 35.1 Å². The predicted molar refractivity (Wildman–Crippen MR) is 236 cm³/mol. The maximum atomic E-state index is 14.6. The number of carbonyl (C=O) groups is 3. The molecule has 13 atom stereocenters. The monoisotopic (exact) mass is 914 g/mol. The van der Waals surface area contributed by atoms with Gasteiger partial charge in [0.15, 0.2) is 18.2 Å². The molecule has 4 N–H and O–H groups in total. The Morgan fingerprint density at radius 2 is 1.84 bits per heavy atom. The highest BCUT2D eigenvalue weighted by Crippen LogP contribution is 2.43. The number of nitrogens with zero attached hydrogens (tertiary/aromatic N) is 8. The number of aliphatic hydroxyl groups is 1. The molecular weight excluding hydrogens is 849 g/mol. The van der Waals surface area contributed by atoms with E-state index >= 15 is 0 Å². The van der Waals surface area contributed by atoms with Crippen molar-refractivity contribution in [3.63, 3.8) is 0 Å². The van der Waals surface area contributed by atoms with Crippen molar-refractivity contribution in [2.45, 2.75) is 147 Å². The normalized spacial score (nSPS) is 34.5. The smallest absolute Gasteiger partial charge is 0.412 e. The summed E-state index contributed by atoms with van der Waals surface area (Å²) >= 11 is 1.47. The largest absolute Gasteiger partial charge is 0.455 e. The Morgan fingerprint density at radius 1 is 1.11 bits per heavy atom. The van der Waals surface area contributed by atoms with E-state index in [-0.39, 0.29) is 36.8 Å². The van der Waals surface area contributed by atoms with Gasteiger partial charge >= 0.3 is 17.8 Å². The molecule has 0 bridgehead atoms. The zero-order valence-corrected chi connectivity index (χ0v) is 39.4. The number of nitrogens with two attached hydrogens (primary N) is 1. The second-order valence-corrected chi connectivity index (χ2v) is 19.0. The van der Waals surface area contributed by atoms with Gasteiger partial charge in [-0.15, -0.1) is 16.4 Å². The molecule has 64 heavy (non-hydrogen) atoms. The number of esters is 1. The number of methoxy groups -OCH3 is 1.